The van der Waals surface area contributed by atoms with Gasteiger partial charge >= 0.3 is 0 Å². The lowest BCUT2D eigenvalue weighted by molar-refractivity contribution is -0.385. The van der Waals surface area contributed by atoms with Gasteiger partial charge in [0.2, 0.25) is 5.91 Å². The Morgan fingerprint density at radius 2 is 1.77 bits per heavy atom. The minimum absolute atomic E-state index is 0.0149. The van der Waals surface area contributed by atoms with E-state index in [1.165, 1.54) is 18.2 Å². The first-order valence-electron chi connectivity index (χ1n) is 8.39. The van der Waals surface area contributed by atoms with Crippen molar-refractivity contribution in [3.63, 3.8) is 0 Å². The molecule has 0 heterocycles. The third-order valence-corrected chi connectivity index (χ3v) is 4.06. The number of anilines is 1. The average Bonchev–Trinajstić information content (AvgIpc) is 2.64. The third kappa shape index (κ3) is 4.92. The van der Waals surface area contributed by atoms with Crippen molar-refractivity contribution in [2.75, 3.05) is 25.5 Å². The number of hydrogen-bond acceptors (Lipinski definition) is 4. The zero-order chi connectivity index (χ0) is 19.1. The van der Waals surface area contributed by atoms with E-state index in [1.54, 1.807) is 23.1 Å². The largest absolute Gasteiger partial charge is 0.378 e. The maximum Gasteiger partial charge on any atom is 0.276 e. The normalized spacial score (nSPS) is 10.7. The molecule has 0 bridgehead atoms. The summed E-state index contributed by atoms with van der Waals surface area (Å²) in [5.74, 6) is -0.178. The van der Waals surface area contributed by atoms with E-state index in [9.17, 15) is 14.9 Å². The molecule has 26 heavy (non-hydrogen) atoms. The van der Waals surface area contributed by atoms with Crippen molar-refractivity contribution >= 4 is 23.4 Å². The van der Waals surface area contributed by atoms with Crippen LogP contribution in [-0.2, 0) is 11.3 Å². The van der Waals surface area contributed by atoms with Crippen molar-refractivity contribution < 1.29 is 9.72 Å². The van der Waals surface area contributed by atoms with Gasteiger partial charge in [-0.3, -0.25) is 14.9 Å². The summed E-state index contributed by atoms with van der Waals surface area (Å²) < 4.78 is 0. The molecular formula is C20H23N3O3. The van der Waals surface area contributed by atoms with Crippen LogP contribution in [0.25, 0.3) is 6.08 Å². The number of carbonyl (C=O) groups is 1. The van der Waals surface area contributed by atoms with Gasteiger partial charge in [-0.1, -0.05) is 24.3 Å². The molecule has 2 aromatic carbocycles. The molecule has 136 valence electrons. The predicted octanol–water partition coefficient (Wildman–Crippen LogP) is 3.72. The zero-order valence-electron chi connectivity index (χ0n) is 15.3. The van der Waals surface area contributed by atoms with Gasteiger partial charge in [0, 0.05) is 45.0 Å². The lowest BCUT2D eigenvalue weighted by Crippen LogP contribution is -2.28. The lowest BCUT2D eigenvalue weighted by atomic mass is 10.1. The quantitative estimate of drug-likeness (QED) is 0.432. The summed E-state index contributed by atoms with van der Waals surface area (Å²) in [6.07, 6.45) is 2.89. The molecule has 0 saturated carbocycles. The van der Waals surface area contributed by atoms with E-state index in [2.05, 4.69) is 0 Å². The summed E-state index contributed by atoms with van der Waals surface area (Å²) in [4.78, 5) is 26.8. The minimum Gasteiger partial charge on any atom is -0.378 e. The van der Waals surface area contributed by atoms with Crippen LogP contribution in [0.1, 0.15) is 18.1 Å². The van der Waals surface area contributed by atoms with Gasteiger partial charge in [0.1, 0.15) is 0 Å². The van der Waals surface area contributed by atoms with Crippen molar-refractivity contribution in [2.24, 2.45) is 0 Å². The lowest BCUT2D eigenvalue weighted by Gasteiger charge is -2.20. The van der Waals surface area contributed by atoms with Crippen LogP contribution in [0.5, 0.6) is 0 Å². The topological polar surface area (TPSA) is 66.7 Å². The number of nitrogens with zero attached hydrogens (tertiary/aromatic N) is 3. The van der Waals surface area contributed by atoms with Crippen LogP contribution in [0.2, 0.25) is 0 Å². The van der Waals surface area contributed by atoms with E-state index < -0.39 is 4.92 Å². The van der Waals surface area contributed by atoms with E-state index in [-0.39, 0.29) is 11.6 Å². The Kier molecular flexibility index (Phi) is 6.49. The Hall–Kier alpha value is -3.15. The highest BCUT2D eigenvalue weighted by Crippen LogP contribution is 2.19. The monoisotopic (exact) mass is 353 g/mol. The number of benzene rings is 2. The molecule has 0 saturated heterocycles. The van der Waals surface area contributed by atoms with E-state index >= 15 is 0 Å². The molecule has 0 fully saturated rings. The van der Waals surface area contributed by atoms with Crippen LogP contribution in [-0.4, -0.2) is 36.4 Å². The molecule has 6 nitrogen and oxygen atoms in total. The Labute approximate surface area is 153 Å². The highest BCUT2D eigenvalue weighted by atomic mass is 16.6. The van der Waals surface area contributed by atoms with Crippen LogP contribution in [0.15, 0.2) is 54.6 Å². The van der Waals surface area contributed by atoms with Gasteiger partial charge in [0.25, 0.3) is 5.69 Å². The van der Waals surface area contributed by atoms with Gasteiger partial charge in [-0.2, -0.15) is 0 Å². The van der Waals surface area contributed by atoms with Gasteiger partial charge in [-0.05, 0) is 36.8 Å². The molecule has 0 atom stereocenters. The summed E-state index contributed by atoms with van der Waals surface area (Å²) in [6.45, 7) is 2.95. The number of hydrogen-bond donors (Lipinski definition) is 0. The van der Waals surface area contributed by atoms with Gasteiger partial charge < -0.3 is 9.80 Å². The summed E-state index contributed by atoms with van der Waals surface area (Å²) in [7, 11) is 3.95. The van der Waals surface area contributed by atoms with Gasteiger partial charge in [-0.15, -0.1) is 0 Å². The van der Waals surface area contributed by atoms with E-state index in [0.717, 1.165) is 11.3 Å². The molecule has 0 radical (unpaired) electrons. The fourth-order valence-electron chi connectivity index (χ4n) is 2.53. The SMILES string of the molecule is CCN(Cc1ccc(N(C)C)cc1)C(=O)/C=C/c1ccccc1[N+](=O)[O-]. The first kappa shape index (κ1) is 19.2. The summed E-state index contributed by atoms with van der Waals surface area (Å²) in [5, 5.41) is 11.0. The molecule has 0 aliphatic rings. The second-order valence-electron chi connectivity index (χ2n) is 6.06. The predicted molar refractivity (Wildman–Crippen MR) is 104 cm³/mol. The van der Waals surface area contributed by atoms with Crippen molar-refractivity contribution in [2.45, 2.75) is 13.5 Å². The summed E-state index contributed by atoms with van der Waals surface area (Å²) >= 11 is 0. The number of rotatable bonds is 7. The van der Waals surface area contributed by atoms with E-state index in [1.807, 2.05) is 50.2 Å². The van der Waals surface area contributed by atoms with Gasteiger partial charge in [0.15, 0.2) is 0 Å². The Balaban J connectivity index is 2.10. The first-order chi connectivity index (χ1) is 12.4. The summed E-state index contributed by atoms with van der Waals surface area (Å²) in [6, 6.07) is 14.4. The smallest absolute Gasteiger partial charge is 0.276 e. The number of amides is 1. The molecule has 2 aromatic rings. The maximum absolute atomic E-state index is 12.5. The number of carbonyl (C=O) groups excluding carboxylic acids is 1. The van der Waals surface area contributed by atoms with Crippen molar-refractivity contribution in [1.82, 2.24) is 4.90 Å². The van der Waals surface area contributed by atoms with Crippen molar-refractivity contribution in [3.05, 3.63) is 75.8 Å². The van der Waals surface area contributed by atoms with Crippen molar-refractivity contribution in [1.29, 1.82) is 0 Å². The van der Waals surface area contributed by atoms with Crippen molar-refractivity contribution in [3.8, 4) is 0 Å². The molecule has 0 aliphatic heterocycles. The fraction of sp³-hybridized carbons (Fsp3) is 0.250. The van der Waals surface area contributed by atoms with Crippen LogP contribution < -0.4 is 4.90 Å². The number of nitro groups is 1. The molecule has 0 spiro atoms. The standard InChI is InChI=1S/C20H23N3O3/c1-4-22(15-16-9-12-18(13-10-16)21(2)3)20(24)14-11-17-7-5-6-8-19(17)23(25)26/h5-14H,4,15H2,1-3H3/b14-11+. The van der Waals surface area contributed by atoms with E-state index in [4.69, 9.17) is 0 Å². The number of likely N-dealkylation sites (N-methyl/N-ethyl adjacent to an activating group) is 1. The number of nitro benzene ring substituents is 1. The third-order valence-electron chi connectivity index (χ3n) is 4.06. The zero-order valence-corrected chi connectivity index (χ0v) is 15.3. The first-order valence-corrected chi connectivity index (χ1v) is 8.39. The molecule has 0 unspecified atom stereocenters. The number of para-hydroxylation sites is 1. The van der Waals surface area contributed by atoms with Crippen LogP contribution in [0, 0.1) is 10.1 Å². The van der Waals surface area contributed by atoms with Crippen LogP contribution >= 0.6 is 0 Å². The van der Waals surface area contributed by atoms with Crippen LogP contribution in [0.3, 0.4) is 0 Å². The Morgan fingerprint density at radius 1 is 1.12 bits per heavy atom. The maximum atomic E-state index is 12.5. The second kappa shape index (κ2) is 8.80. The molecule has 0 aliphatic carbocycles. The molecule has 2 rings (SSSR count). The summed E-state index contributed by atoms with van der Waals surface area (Å²) in [5.41, 5.74) is 2.53. The minimum atomic E-state index is -0.450. The highest BCUT2D eigenvalue weighted by Gasteiger charge is 2.12. The second-order valence-corrected chi connectivity index (χ2v) is 6.06. The average molecular weight is 353 g/mol. The molecular weight excluding hydrogens is 330 g/mol. The van der Waals surface area contributed by atoms with Gasteiger partial charge in [0.05, 0.1) is 10.5 Å². The Bertz CT molecular complexity index is 798. The van der Waals surface area contributed by atoms with Crippen LogP contribution in [0.4, 0.5) is 11.4 Å². The molecule has 0 N–H and O–H groups in total. The Morgan fingerprint density at radius 3 is 2.35 bits per heavy atom. The van der Waals surface area contributed by atoms with Gasteiger partial charge in [-0.25, -0.2) is 0 Å². The molecule has 0 aromatic heterocycles. The highest BCUT2D eigenvalue weighted by molar-refractivity contribution is 5.92. The van der Waals surface area contributed by atoms with E-state index in [0.29, 0.717) is 18.7 Å². The molecule has 1 amide bonds. The molecule has 6 heteroatoms. The fourth-order valence-corrected chi connectivity index (χ4v) is 2.53.